The number of nitrogens with two attached hydrogens (primary N) is 1. The van der Waals surface area contributed by atoms with E-state index in [1.807, 2.05) is 58.3 Å². The number of imide groups is 1. The molecule has 6 aliphatic carbocycles. The van der Waals surface area contributed by atoms with Gasteiger partial charge in [-0.25, -0.2) is 18.9 Å². The number of amides is 10. The summed E-state index contributed by atoms with van der Waals surface area (Å²) >= 11 is 13.4. The lowest BCUT2D eigenvalue weighted by Crippen LogP contribution is -3.12. The summed E-state index contributed by atoms with van der Waals surface area (Å²) in [5.74, 6) is -2.07. The molecule has 6 N–H and O–H groups in total. The Hall–Kier alpha value is -8.81. The van der Waals surface area contributed by atoms with Gasteiger partial charge in [-0.2, -0.15) is 0 Å². The number of rotatable bonds is 44. The number of anilines is 3. The van der Waals surface area contributed by atoms with Gasteiger partial charge >= 0.3 is 25.8 Å². The zero-order chi connectivity index (χ0) is 80.9. The van der Waals surface area contributed by atoms with E-state index in [-0.39, 0.29) is 184 Å². The Bertz CT molecular complexity index is 4510. The first kappa shape index (κ1) is 83.1. The van der Waals surface area contributed by atoms with Crippen LogP contribution in [0.5, 0.6) is 11.5 Å². The number of likely N-dealkylation sites (N-methyl/N-ethyl adjacent to an activating group) is 2. The van der Waals surface area contributed by atoms with Crippen LogP contribution in [-0.2, 0) is 77.9 Å². The lowest BCUT2D eigenvalue weighted by molar-refractivity contribution is -0.623. The SMILES string of the molecule is CC(C)[C@H](NC(=O)CCOCCOCCOCCOCCOCCOCCN1C(=O)C=CC1=O)C(=O)C[C@@H](CCCNC(N)=O)C(=O)Nc1ccc(COC(=O)N(C)CCN(C)C(=O)Oc2cc3c(c4ccccc24)[C@H](CCl)CN3C(=O)C23C4C5C2C2C3C4C52C(=O)N2C[C@@H](CCl)c3c2cc(OP(C)(=O)O)c2ccccc32)cc1. The van der Waals surface area contributed by atoms with Gasteiger partial charge in [-0.1, -0.05) is 74.5 Å². The maximum atomic E-state index is 15.4. The third-order valence-corrected chi connectivity index (χ3v) is 25.1. The number of Topliss-reactive ketones (excluding diaryl/α,β-unsaturated/α-hetero) is 1. The quantitative estimate of drug-likeness (QED) is 0.0106. The van der Waals surface area contributed by atoms with E-state index in [2.05, 4.69) is 16.0 Å². The first-order chi connectivity index (χ1) is 54.8. The van der Waals surface area contributed by atoms with Gasteiger partial charge in [-0.3, -0.25) is 38.5 Å². The van der Waals surface area contributed by atoms with Crippen LogP contribution in [0, 0.1) is 58.2 Å². The van der Waals surface area contributed by atoms with Gasteiger partial charge < -0.3 is 88.6 Å². The minimum atomic E-state index is -3.97. The normalized spacial score (nSPS) is 23.6. The highest BCUT2D eigenvalue weighted by Gasteiger charge is 3.13. The van der Waals surface area contributed by atoms with E-state index < -0.39 is 60.4 Å². The number of ketones is 1. The molecule has 6 fully saturated rings. The summed E-state index contributed by atoms with van der Waals surface area (Å²) in [6.45, 7) is 9.32. The smallest absolute Gasteiger partial charge is 0.415 e. The lowest BCUT2D eigenvalue weighted by atomic mass is 8.92. The number of carbonyl (C=O) groups is 10. The maximum absolute atomic E-state index is 15.4. The van der Waals surface area contributed by atoms with Crippen LogP contribution in [0.2, 0.25) is 0 Å². The van der Waals surface area contributed by atoms with Crippen molar-refractivity contribution in [1.82, 2.24) is 25.3 Å². The number of carbonyl (C=O) groups excluding carboxylic acids is 10. The molecule has 0 bridgehead atoms. The second-order valence-corrected chi connectivity index (χ2v) is 33.2. The van der Waals surface area contributed by atoms with Crippen LogP contribution in [0.25, 0.3) is 21.5 Å². The Morgan fingerprint density at radius 1 is 0.632 bits per heavy atom. The van der Waals surface area contributed by atoms with Crippen molar-refractivity contribution in [3.63, 3.8) is 0 Å². The Balaban J connectivity index is 0.526. The zero-order valence-corrected chi connectivity index (χ0v) is 66.8. The third-order valence-electron chi connectivity index (χ3n) is 23.8. The van der Waals surface area contributed by atoms with E-state index in [1.165, 1.54) is 29.0 Å². The molecule has 612 valence electrons. The van der Waals surface area contributed by atoms with Crippen molar-refractivity contribution in [2.75, 3.05) is 166 Å². The first-order valence-corrected chi connectivity index (χ1v) is 41.9. The lowest BCUT2D eigenvalue weighted by Gasteiger charge is -3.09. The molecule has 5 aromatic rings. The summed E-state index contributed by atoms with van der Waals surface area (Å²) in [6, 6.07) is 23.5. The standard InChI is InChI=1S/C81H98Cl2N9O21P/c1-47(2)73(87-62(94)22-27-105-29-31-107-33-35-109-37-38-110-36-34-108-32-30-106-28-26-90-63(95)20-21-64(90)96)59(93)39-49(11-10-23-85-77(84)100)74(97)86-52-18-16-48(17-19-52)46-111-78(101)88(3)24-25-89(4)79(102)112-60-40-57-65(55-14-8-6-12-53(55)60)50(42-82)44-91(57)75(98)80-67-70-68(80)72-69(80)71(67)81(70,72)76(99)92-45-51(43-83)66-56-15-9-7-13-54(56)61(41-58(66)92)113-114(5,103)104/h6-9,12-21,40-41,47,49-51,67-73H,10-11,22-39,42-46H2,1-5H3,(H,86,97)(H,87,94)(H,103,104)(H3,84,85,100)/t49-,50-,51-,67?,68?,69?,70?,71?,72?,73+,80?,81?/m1/s1. The molecular weight excluding hydrogens is 1540 g/mol. The molecule has 33 heteroatoms. The Morgan fingerprint density at radius 3 is 1.56 bits per heavy atom. The molecule has 3 aliphatic heterocycles. The number of urea groups is 1. The monoisotopic (exact) mass is 1630 g/mol. The largest absolute Gasteiger partial charge is 0.445 e. The molecule has 5 aromatic carbocycles. The van der Waals surface area contributed by atoms with Gasteiger partial charge in [0.15, 0.2) is 5.78 Å². The average molecular weight is 1640 g/mol. The molecule has 0 saturated heterocycles. The number of hydrogen-bond donors (Lipinski definition) is 5. The molecule has 0 spiro atoms. The number of nitrogens with one attached hydrogen (secondary N) is 3. The number of alkyl halides is 2. The molecular formula is C81H98Cl2N9O21P. The number of ether oxygens (including phenoxy) is 8. The minimum Gasteiger partial charge on any atom is -0.445 e. The van der Waals surface area contributed by atoms with Gasteiger partial charge in [-0.05, 0) is 93.9 Å². The van der Waals surface area contributed by atoms with Crippen LogP contribution in [0.1, 0.15) is 68.1 Å². The summed E-state index contributed by atoms with van der Waals surface area (Å²) in [5.41, 5.74) is 8.22. The summed E-state index contributed by atoms with van der Waals surface area (Å²) < 4.78 is 63.1. The highest BCUT2D eigenvalue weighted by atomic mass is 35.5. The Labute approximate surface area is 670 Å². The van der Waals surface area contributed by atoms with E-state index in [1.54, 1.807) is 57.3 Å². The van der Waals surface area contributed by atoms with Crippen LogP contribution in [0.4, 0.5) is 31.4 Å². The van der Waals surface area contributed by atoms with Crippen molar-refractivity contribution in [2.45, 2.75) is 64.0 Å². The molecule has 6 saturated carbocycles. The second kappa shape index (κ2) is 35.7. The number of halogens is 2. The highest BCUT2D eigenvalue weighted by Crippen LogP contribution is 3.10. The van der Waals surface area contributed by atoms with E-state index in [0.717, 1.165) is 33.5 Å². The van der Waals surface area contributed by atoms with Crippen LogP contribution in [0.15, 0.2) is 97.1 Å². The number of benzene rings is 5. The van der Waals surface area contributed by atoms with Crippen LogP contribution in [-0.4, -0.2) is 236 Å². The average Bonchev–Trinajstić information content (AvgIpc) is 0.637. The van der Waals surface area contributed by atoms with E-state index >= 15 is 9.59 Å². The summed E-state index contributed by atoms with van der Waals surface area (Å²) in [7, 11) is -0.882. The fourth-order valence-electron chi connectivity index (χ4n) is 18.8. The van der Waals surface area contributed by atoms with Crippen molar-refractivity contribution in [2.24, 2.45) is 63.9 Å². The highest BCUT2D eigenvalue weighted by molar-refractivity contribution is 7.52. The minimum absolute atomic E-state index is 0.0193. The van der Waals surface area contributed by atoms with Gasteiger partial charge in [0.2, 0.25) is 23.6 Å². The van der Waals surface area contributed by atoms with Crippen LogP contribution >= 0.6 is 30.8 Å². The van der Waals surface area contributed by atoms with Gasteiger partial charge in [0.25, 0.3) is 11.8 Å². The Morgan fingerprint density at radius 2 is 1.09 bits per heavy atom. The summed E-state index contributed by atoms with van der Waals surface area (Å²) in [5, 5.41) is 11.1. The second-order valence-electron chi connectivity index (χ2n) is 30.8. The predicted molar refractivity (Wildman–Crippen MR) is 420 cm³/mol. The maximum Gasteiger partial charge on any atom is 0.415 e. The molecule has 0 radical (unpaired) electrons. The number of primary amides is 1. The van der Waals surface area contributed by atoms with Gasteiger partial charge in [-0.15, -0.1) is 23.2 Å². The predicted octanol–water partition coefficient (Wildman–Crippen LogP) is 8.18. The van der Waals surface area contributed by atoms with Crippen molar-refractivity contribution in [3.8, 4) is 11.5 Å². The van der Waals surface area contributed by atoms with E-state index in [0.29, 0.717) is 106 Å². The van der Waals surface area contributed by atoms with E-state index in [4.69, 9.17) is 71.4 Å². The van der Waals surface area contributed by atoms with Crippen molar-refractivity contribution >= 4 is 129 Å². The van der Waals surface area contributed by atoms with Crippen LogP contribution in [0.3, 0.4) is 0 Å². The molecule has 30 nitrogen and oxygen atoms in total. The molecule has 1 unspecified atom stereocenters. The zero-order valence-electron chi connectivity index (χ0n) is 64.4. The molecule has 9 aliphatic rings. The Kier molecular flexibility index (Phi) is 26.1. The third kappa shape index (κ3) is 16.3. The van der Waals surface area contributed by atoms with Crippen molar-refractivity contribution in [3.05, 3.63) is 114 Å². The molecule has 0 aromatic heterocycles. The van der Waals surface area contributed by atoms with Crippen LogP contribution < -0.4 is 40.7 Å². The van der Waals surface area contributed by atoms with Gasteiger partial charge in [0.05, 0.1) is 114 Å². The summed E-state index contributed by atoms with van der Waals surface area (Å²) in [4.78, 5) is 151. The molecule has 5 atom stereocenters. The number of hydrogen-bond acceptors (Lipinski definition) is 20. The number of nitrogens with zero attached hydrogens (tertiary/aromatic N) is 5. The molecule has 114 heavy (non-hydrogen) atoms. The summed E-state index contributed by atoms with van der Waals surface area (Å²) in [6.07, 6.45) is 1.37. The van der Waals surface area contributed by atoms with Gasteiger partial charge in [0, 0.05) is 137 Å². The molecule has 14 rings (SSSR count). The number of fused-ring (bicyclic) bond motifs is 6. The van der Waals surface area contributed by atoms with Gasteiger partial charge in [0.1, 0.15) is 18.1 Å². The van der Waals surface area contributed by atoms with E-state index in [9.17, 15) is 47.8 Å². The first-order valence-electron chi connectivity index (χ1n) is 38.8. The molecule has 3 heterocycles. The van der Waals surface area contributed by atoms with Crippen molar-refractivity contribution < 1.29 is 99.8 Å². The topological polar surface area (TPSA) is 369 Å². The fraction of sp³-hybridized carbons (Fsp3) is 0.531. The van der Waals surface area contributed by atoms with Crippen molar-refractivity contribution in [1.29, 1.82) is 0 Å². The fourth-order valence-corrected chi connectivity index (χ4v) is 19.8. The molecule has 10 amide bonds.